The molecule has 2 aromatic carbocycles. The zero-order chi connectivity index (χ0) is 14.4. The van der Waals surface area contributed by atoms with Crippen molar-refractivity contribution in [1.82, 2.24) is 0 Å². The lowest BCUT2D eigenvalue weighted by Gasteiger charge is -2.10. The molecule has 0 saturated carbocycles. The molecule has 0 atom stereocenters. The third-order valence-electron chi connectivity index (χ3n) is 2.84. The molecule has 4 heteroatoms. The molecule has 1 amide bonds. The Balaban J connectivity index is 2.31. The summed E-state index contributed by atoms with van der Waals surface area (Å²) < 4.78 is 5.13. The number of ether oxygens (including phenoxy) is 1. The van der Waals surface area contributed by atoms with Crippen molar-refractivity contribution in [2.45, 2.75) is 6.42 Å². The molecule has 2 rings (SSSR count). The Morgan fingerprint density at radius 1 is 1.20 bits per heavy atom. The average molecular weight is 266 g/mol. The zero-order valence-electron chi connectivity index (χ0n) is 11.1. The maximum atomic E-state index is 11.5. The summed E-state index contributed by atoms with van der Waals surface area (Å²) in [4.78, 5) is 11.5. The quantitative estimate of drug-likeness (QED) is 0.924. The average Bonchev–Trinajstić information content (AvgIpc) is 2.48. The van der Waals surface area contributed by atoms with Gasteiger partial charge in [-0.15, -0.1) is 0 Å². The van der Waals surface area contributed by atoms with E-state index < -0.39 is 0 Å². The molecule has 0 aliphatic rings. The Bertz CT molecular complexity index is 642. The number of nitriles is 1. The van der Waals surface area contributed by atoms with Crippen molar-refractivity contribution in [2.75, 3.05) is 12.4 Å². The van der Waals surface area contributed by atoms with Crippen LogP contribution in [0.2, 0.25) is 0 Å². The smallest absolute Gasteiger partial charge is 0.238 e. The predicted octanol–water partition coefficient (Wildman–Crippen LogP) is 3.21. The Morgan fingerprint density at radius 2 is 1.90 bits per heavy atom. The van der Waals surface area contributed by atoms with Crippen LogP contribution in [-0.2, 0) is 4.79 Å². The van der Waals surface area contributed by atoms with Gasteiger partial charge in [0.1, 0.15) is 12.2 Å². The fourth-order valence-electron chi connectivity index (χ4n) is 1.88. The van der Waals surface area contributed by atoms with E-state index in [0.717, 1.165) is 16.9 Å². The first-order valence-corrected chi connectivity index (χ1v) is 6.15. The summed E-state index contributed by atoms with van der Waals surface area (Å²) in [5, 5.41) is 11.3. The minimum absolute atomic E-state index is 0.156. The van der Waals surface area contributed by atoms with E-state index in [1.807, 2.05) is 54.6 Å². The number of methoxy groups -OCH3 is 1. The van der Waals surface area contributed by atoms with Crippen molar-refractivity contribution < 1.29 is 9.53 Å². The van der Waals surface area contributed by atoms with Crippen molar-refractivity contribution in [2.24, 2.45) is 0 Å². The van der Waals surface area contributed by atoms with Gasteiger partial charge in [0, 0.05) is 11.3 Å². The number of benzene rings is 2. The summed E-state index contributed by atoms with van der Waals surface area (Å²) in [5.74, 6) is 0.466. The van der Waals surface area contributed by atoms with Crippen molar-refractivity contribution in [3.63, 3.8) is 0 Å². The van der Waals surface area contributed by atoms with Gasteiger partial charge in [-0.1, -0.05) is 30.3 Å². The Kier molecular flexibility index (Phi) is 4.35. The summed E-state index contributed by atoms with van der Waals surface area (Å²) in [5.41, 5.74) is 2.57. The zero-order valence-corrected chi connectivity index (χ0v) is 11.1. The fraction of sp³-hybridized carbons (Fsp3) is 0.125. The van der Waals surface area contributed by atoms with Gasteiger partial charge >= 0.3 is 0 Å². The van der Waals surface area contributed by atoms with Crippen LogP contribution in [0.5, 0.6) is 5.75 Å². The maximum absolute atomic E-state index is 11.5. The van der Waals surface area contributed by atoms with E-state index in [2.05, 4.69) is 5.32 Å². The summed E-state index contributed by atoms with van der Waals surface area (Å²) >= 11 is 0. The van der Waals surface area contributed by atoms with Crippen LogP contribution < -0.4 is 10.1 Å². The summed E-state index contributed by atoms with van der Waals surface area (Å²) in [6.45, 7) is 0. The number of carbonyl (C=O) groups is 1. The van der Waals surface area contributed by atoms with Gasteiger partial charge < -0.3 is 10.1 Å². The minimum Gasteiger partial charge on any atom is -0.497 e. The normalized spacial score (nSPS) is 9.60. The third kappa shape index (κ3) is 3.15. The molecule has 0 unspecified atom stereocenters. The highest BCUT2D eigenvalue weighted by Crippen LogP contribution is 2.29. The molecule has 0 spiro atoms. The van der Waals surface area contributed by atoms with Gasteiger partial charge in [0.05, 0.1) is 13.2 Å². The number of nitrogens with zero attached hydrogens (tertiary/aromatic N) is 1. The number of hydrogen-bond donors (Lipinski definition) is 1. The van der Waals surface area contributed by atoms with Gasteiger partial charge in [-0.25, -0.2) is 0 Å². The largest absolute Gasteiger partial charge is 0.497 e. The minimum atomic E-state index is -0.312. The second-order valence-electron chi connectivity index (χ2n) is 4.16. The molecule has 20 heavy (non-hydrogen) atoms. The molecule has 4 nitrogen and oxygen atoms in total. The molecule has 0 aromatic heterocycles. The van der Waals surface area contributed by atoms with E-state index in [-0.39, 0.29) is 12.3 Å². The Morgan fingerprint density at radius 3 is 2.55 bits per heavy atom. The van der Waals surface area contributed by atoms with Gasteiger partial charge in [-0.3, -0.25) is 4.79 Å². The monoisotopic (exact) mass is 266 g/mol. The van der Waals surface area contributed by atoms with Crippen LogP contribution in [0.25, 0.3) is 11.1 Å². The fourth-order valence-corrected chi connectivity index (χ4v) is 1.88. The lowest BCUT2D eigenvalue weighted by atomic mass is 10.0. The van der Waals surface area contributed by atoms with Crippen LogP contribution in [0.15, 0.2) is 48.5 Å². The van der Waals surface area contributed by atoms with E-state index in [0.29, 0.717) is 5.69 Å². The number of nitrogens with one attached hydrogen (secondary N) is 1. The highest BCUT2D eigenvalue weighted by atomic mass is 16.5. The number of rotatable bonds is 4. The summed E-state index contributed by atoms with van der Waals surface area (Å²) in [6.07, 6.45) is -0.156. The van der Waals surface area contributed by atoms with E-state index in [4.69, 9.17) is 10.00 Å². The topological polar surface area (TPSA) is 62.1 Å². The summed E-state index contributed by atoms with van der Waals surface area (Å²) in [6, 6.07) is 16.9. The SMILES string of the molecule is COc1ccc(-c2ccccc2NC(=O)CC#N)cc1. The lowest BCUT2D eigenvalue weighted by Crippen LogP contribution is -2.10. The number of hydrogen-bond acceptors (Lipinski definition) is 3. The molecular formula is C16H14N2O2. The van der Waals surface area contributed by atoms with E-state index in [1.165, 1.54) is 0 Å². The van der Waals surface area contributed by atoms with Crippen molar-refractivity contribution in [1.29, 1.82) is 5.26 Å². The first-order valence-electron chi connectivity index (χ1n) is 6.15. The molecule has 0 heterocycles. The van der Waals surface area contributed by atoms with Gasteiger partial charge in [0.25, 0.3) is 0 Å². The van der Waals surface area contributed by atoms with Gasteiger partial charge in [0.2, 0.25) is 5.91 Å². The number of amides is 1. The van der Waals surface area contributed by atoms with Crippen LogP contribution in [0.4, 0.5) is 5.69 Å². The van der Waals surface area contributed by atoms with Crippen LogP contribution in [0.1, 0.15) is 6.42 Å². The van der Waals surface area contributed by atoms with Gasteiger partial charge in [-0.2, -0.15) is 5.26 Å². The van der Waals surface area contributed by atoms with Crippen LogP contribution in [-0.4, -0.2) is 13.0 Å². The van der Waals surface area contributed by atoms with Crippen molar-refractivity contribution in [3.05, 3.63) is 48.5 Å². The molecule has 0 bridgehead atoms. The maximum Gasteiger partial charge on any atom is 0.238 e. The molecule has 100 valence electrons. The summed E-state index contributed by atoms with van der Waals surface area (Å²) in [7, 11) is 1.62. The first kappa shape index (κ1) is 13.6. The molecule has 2 aromatic rings. The van der Waals surface area contributed by atoms with Gasteiger partial charge in [0.15, 0.2) is 0 Å². The second-order valence-corrected chi connectivity index (χ2v) is 4.16. The predicted molar refractivity (Wildman–Crippen MR) is 77.3 cm³/mol. The molecule has 1 N–H and O–H groups in total. The van der Waals surface area contributed by atoms with Crippen LogP contribution in [0.3, 0.4) is 0 Å². The molecule has 0 radical (unpaired) electrons. The lowest BCUT2D eigenvalue weighted by molar-refractivity contribution is -0.115. The highest BCUT2D eigenvalue weighted by molar-refractivity contribution is 5.96. The van der Waals surface area contributed by atoms with Crippen LogP contribution >= 0.6 is 0 Å². The van der Waals surface area contributed by atoms with Gasteiger partial charge in [-0.05, 0) is 23.8 Å². The number of anilines is 1. The van der Waals surface area contributed by atoms with Crippen LogP contribution in [0, 0.1) is 11.3 Å². The molecule has 0 aliphatic heterocycles. The molecule has 0 aliphatic carbocycles. The van der Waals surface area contributed by atoms with Crippen molar-refractivity contribution in [3.8, 4) is 22.9 Å². The van der Waals surface area contributed by atoms with E-state index in [1.54, 1.807) is 7.11 Å². The van der Waals surface area contributed by atoms with E-state index in [9.17, 15) is 4.79 Å². The van der Waals surface area contributed by atoms with E-state index >= 15 is 0 Å². The number of para-hydroxylation sites is 1. The Labute approximate surface area is 117 Å². The highest BCUT2D eigenvalue weighted by Gasteiger charge is 2.08. The second kappa shape index (κ2) is 6.39. The Hall–Kier alpha value is -2.80. The molecular weight excluding hydrogens is 252 g/mol. The molecule has 0 fully saturated rings. The molecule has 0 saturated heterocycles. The first-order chi connectivity index (χ1) is 9.74. The van der Waals surface area contributed by atoms with Crippen molar-refractivity contribution >= 4 is 11.6 Å². The standard InChI is InChI=1S/C16H14N2O2/c1-20-13-8-6-12(7-9-13)14-4-2-3-5-15(14)18-16(19)10-11-17/h2-9H,10H2,1H3,(H,18,19). The third-order valence-corrected chi connectivity index (χ3v) is 2.84. The number of carbonyl (C=O) groups excluding carboxylic acids is 1.